The van der Waals surface area contributed by atoms with Crippen LogP contribution in [-0.2, 0) is 16.3 Å². The average Bonchev–Trinajstić information content (AvgIpc) is 3.68. The first-order valence-electron chi connectivity index (χ1n) is 14.3. The van der Waals surface area contributed by atoms with Gasteiger partial charge < -0.3 is 10.3 Å². The van der Waals surface area contributed by atoms with Gasteiger partial charge in [-0.3, -0.25) is 14.9 Å². The number of H-pyrrole nitrogens is 2. The first kappa shape index (κ1) is 29.0. The van der Waals surface area contributed by atoms with E-state index in [-0.39, 0.29) is 18.1 Å². The monoisotopic (exact) mass is 631 g/mol. The molecule has 0 bridgehead atoms. The number of carbonyl (C=O) groups is 1. The summed E-state index contributed by atoms with van der Waals surface area (Å²) < 4.78 is 38.0. The number of pyridine rings is 3. The van der Waals surface area contributed by atoms with Crippen LogP contribution in [-0.4, -0.2) is 56.5 Å². The standard InChI is InChI=1S/C34H26FN7O3S/c1-46(44,45)12-10-20-13-22(15-24(35)14-20)26-9-11-37-33-27(26)17-30(40-33)32-31-29(41-42-32)8-7-28(39-31)23-16-25(19-36-18-23)38-34(43)21-5-3-2-4-6-21/h2-9,11,13-19H,10,12H2,1H3,(H,37,40)(H,38,43)(H,41,42). The Morgan fingerprint density at radius 2 is 1.80 bits per heavy atom. The van der Waals surface area contributed by atoms with Crippen LogP contribution in [0.1, 0.15) is 15.9 Å². The van der Waals surface area contributed by atoms with E-state index in [4.69, 9.17) is 4.98 Å². The van der Waals surface area contributed by atoms with Crippen molar-refractivity contribution in [2.24, 2.45) is 0 Å². The average molecular weight is 632 g/mol. The molecule has 0 atom stereocenters. The van der Waals surface area contributed by atoms with Crippen LogP contribution in [0.5, 0.6) is 0 Å². The molecule has 0 spiro atoms. The number of fused-ring (bicyclic) bond motifs is 2. The van der Waals surface area contributed by atoms with E-state index < -0.39 is 15.7 Å². The zero-order valence-electron chi connectivity index (χ0n) is 24.5. The lowest BCUT2D eigenvalue weighted by molar-refractivity contribution is 0.102. The van der Waals surface area contributed by atoms with Crippen LogP contribution in [0.3, 0.4) is 0 Å². The summed E-state index contributed by atoms with van der Waals surface area (Å²) in [5.74, 6) is -0.759. The second-order valence-corrected chi connectivity index (χ2v) is 13.2. The van der Waals surface area contributed by atoms with Gasteiger partial charge in [0.25, 0.3) is 5.91 Å². The van der Waals surface area contributed by atoms with Gasteiger partial charge in [-0.2, -0.15) is 5.10 Å². The highest BCUT2D eigenvalue weighted by molar-refractivity contribution is 7.90. The first-order valence-corrected chi connectivity index (χ1v) is 16.4. The number of benzene rings is 2. The summed E-state index contributed by atoms with van der Waals surface area (Å²) in [4.78, 5) is 29.7. The molecule has 7 rings (SSSR count). The van der Waals surface area contributed by atoms with Gasteiger partial charge in [-0.1, -0.05) is 24.3 Å². The van der Waals surface area contributed by atoms with E-state index in [0.29, 0.717) is 61.7 Å². The Kier molecular flexibility index (Phi) is 7.33. The molecule has 0 unspecified atom stereocenters. The number of nitrogens with one attached hydrogen (secondary N) is 3. The molecule has 7 aromatic rings. The van der Waals surface area contributed by atoms with Gasteiger partial charge in [-0.05, 0) is 77.7 Å². The maximum Gasteiger partial charge on any atom is 0.255 e. The van der Waals surface area contributed by atoms with E-state index in [9.17, 15) is 17.6 Å². The van der Waals surface area contributed by atoms with Gasteiger partial charge in [-0.15, -0.1) is 0 Å². The number of aryl methyl sites for hydroxylation is 1. The fourth-order valence-corrected chi connectivity index (χ4v) is 5.95. The summed E-state index contributed by atoms with van der Waals surface area (Å²) in [6.07, 6.45) is 6.26. The summed E-state index contributed by atoms with van der Waals surface area (Å²) in [6, 6.07) is 22.7. The number of rotatable bonds is 8. The van der Waals surface area contributed by atoms with Gasteiger partial charge in [-0.25, -0.2) is 22.8 Å². The number of carbonyl (C=O) groups excluding carboxylic acids is 1. The Hall–Kier alpha value is -5.75. The number of aromatic amines is 2. The van der Waals surface area contributed by atoms with Gasteiger partial charge in [0.1, 0.15) is 32.5 Å². The van der Waals surface area contributed by atoms with Crippen molar-refractivity contribution < 1.29 is 17.6 Å². The summed E-state index contributed by atoms with van der Waals surface area (Å²) in [7, 11) is -3.20. The summed E-state index contributed by atoms with van der Waals surface area (Å²) in [6.45, 7) is 0. The SMILES string of the molecule is CS(=O)(=O)CCc1cc(F)cc(-c2ccnc3[nH]c(-c4n[nH]c5ccc(-c6cncc(NC(=O)c7ccccc7)c6)nc45)cc23)c1. The number of sulfone groups is 1. The fourth-order valence-electron chi connectivity index (χ4n) is 5.35. The van der Waals surface area contributed by atoms with E-state index in [1.165, 1.54) is 12.1 Å². The maximum absolute atomic E-state index is 14.7. The Bertz CT molecular complexity index is 2370. The molecule has 0 saturated heterocycles. The number of amides is 1. The number of halogens is 1. The normalized spacial score (nSPS) is 11.7. The highest BCUT2D eigenvalue weighted by atomic mass is 32.2. The molecule has 0 saturated carbocycles. The fraction of sp³-hybridized carbons (Fsp3) is 0.0882. The van der Waals surface area contributed by atoms with Crippen molar-refractivity contribution >= 4 is 43.5 Å². The van der Waals surface area contributed by atoms with E-state index in [2.05, 4.69) is 30.5 Å². The lowest BCUT2D eigenvalue weighted by Crippen LogP contribution is -2.11. The molecular formula is C34H26FN7O3S. The van der Waals surface area contributed by atoms with Crippen molar-refractivity contribution in [1.82, 2.24) is 30.1 Å². The van der Waals surface area contributed by atoms with Gasteiger partial charge >= 0.3 is 0 Å². The lowest BCUT2D eigenvalue weighted by Gasteiger charge is -2.07. The Morgan fingerprint density at radius 1 is 0.957 bits per heavy atom. The molecule has 3 N–H and O–H groups in total. The smallest absolute Gasteiger partial charge is 0.255 e. The minimum atomic E-state index is -3.20. The van der Waals surface area contributed by atoms with E-state index in [1.54, 1.807) is 55.0 Å². The zero-order chi connectivity index (χ0) is 31.8. The molecule has 0 aliphatic rings. The molecule has 2 aromatic carbocycles. The molecular weight excluding hydrogens is 605 g/mol. The number of anilines is 1. The van der Waals surface area contributed by atoms with Crippen LogP contribution in [0.2, 0.25) is 0 Å². The molecule has 0 aliphatic heterocycles. The van der Waals surface area contributed by atoms with Gasteiger partial charge in [0, 0.05) is 35.2 Å². The van der Waals surface area contributed by atoms with Crippen LogP contribution in [0.25, 0.3) is 55.8 Å². The van der Waals surface area contributed by atoms with Crippen molar-refractivity contribution in [2.75, 3.05) is 17.3 Å². The highest BCUT2D eigenvalue weighted by Gasteiger charge is 2.17. The van der Waals surface area contributed by atoms with Gasteiger partial charge in [0.05, 0.1) is 34.5 Å². The summed E-state index contributed by atoms with van der Waals surface area (Å²) in [5, 5.41) is 11.2. The number of hydrogen-bond donors (Lipinski definition) is 3. The molecule has 5 aromatic heterocycles. The highest BCUT2D eigenvalue weighted by Crippen LogP contribution is 2.34. The number of nitrogens with zero attached hydrogens (tertiary/aromatic N) is 4. The lowest BCUT2D eigenvalue weighted by atomic mass is 10.00. The Labute approximate surface area is 262 Å². The van der Waals surface area contributed by atoms with E-state index in [0.717, 1.165) is 17.2 Å². The third-order valence-electron chi connectivity index (χ3n) is 7.55. The topological polar surface area (TPSA) is 146 Å². The predicted octanol–water partition coefficient (Wildman–Crippen LogP) is 6.21. The molecule has 46 heavy (non-hydrogen) atoms. The molecule has 12 heteroatoms. The number of hydrogen-bond acceptors (Lipinski definition) is 7. The van der Waals surface area contributed by atoms with Crippen LogP contribution in [0, 0.1) is 5.82 Å². The van der Waals surface area contributed by atoms with E-state index >= 15 is 0 Å². The van der Waals surface area contributed by atoms with Crippen LogP contribution >= 0.6 is 0 Å². The van der Waals surface area contributed by atoms with Crippen molar-refractivity contribution in [2.45, 2.75) is 6.42 Å². The van der Waals surface area contributed by atoms with E-state index in [1.807, 2.05) is 30.3 Å². The molecule has 0 fully saturated rings. The molecule has 0 radical (unpaired) electrons. The largest absolute Gasteiger partial charge is 0.338 e. The second-order valence-electron chi connectivity index (χ2n) is 11.0. The second kappa shape index (κ2) is 11.6. The van der Waals surface area contributed by atoms with Gasteiger partial charge in [0.15, 0.2) is 0 Å². The molecule has 1 amide bonds. The van der Waals surface area contributed by atoms with Crippen molar-refractivity contribution in [3.63, 3.8) is 0 Å². The Balaban J connectivity index is 1.22. The molecule has 0 aliphatic carbocycles. The van der Waals surface area contributed by atoms with Crippen LogP contribution in [0.4, 0.5) is 10.1 Å². The van der Waals surface area contributed by atoms with Crippen LogP contribution in [0.15, 0.2) is 97.5 Å². The molecule has 10 nitrogen and oxygen atoms in total. The van der Waals surface area contributed by atoms with Crippen molar-refractivity contribution in [1.29, 1.82) is 0 Å². The quantitative estimate of drug-likeness (QED) is 0.181. The Morgan fingerprint density at radius 3 is 2.63 bits per heavy atom. The van der Waals surface area contributed by atoms with Gasteiger partial charge in [0.2, 0.25) is 0 Å². The summed E-state index contributed by atoms with van der Waals surface area (Å²) >= 11 is 0. The summed E-state index contributed by atoms with van der Waals surface area (Å²) in [5.41, 5.74) is 7.48. The molecule has 5 heterocycles. The van der Waals surface area contributed by atoms with Crippen molar-refractivity contribution in [3.8, 4) is 33.8 Å². The zero-order valence-corrected chi connectivity index (χ0v) is 25.3. The first-order chi connectivity index (χ1) is 22.2. The third kappa shape index (κ3) is 5.97. The number of aromatic nitrogens is 6. The maximum atomic E-state index is 14.7. The molecule has 228 valence electrons. The minimum Gasteiger partial charge on any atom is -0.338 e. The van der Waals surface area contributed by atoms with Crippen molar-refractivity contribution in [3.05, 3.63) is 114 Å². The van der Waals surface area contributed by atoms with Crippen LogP contribution < -0.4 is 5.32 Å². The minimum absolute atomic E-state index is 0.0696. The predicted molar refractivity (Wildman–Crippen MR) is 175 cm³/mol. The third-order valence-corrected chi connectivity index (χ3v) is 8.50.